The third kappa shape index (κ3) is 5.86. The van der Waals surface area contributed by atoms with E-state index in [2.05, 4.69) is 4.52 Å². The largest absolute Gasteiger partial charge is 0.417 e. The Bertz CT molecular complexity index is 520. The first-order valence-corrected chi connectivity index (χ1v) is 8.98. The predicted molar refractivity (Wildman–Crippen MR) is 70.7 cm³/mol. The molecule has 1 N–H and O–H groups in total. The van der Waals surface area contributed by atoms with Gasteiger partial charge in [-0.2, -0.15) is 21.6 Å². The maximum Gasteiger partial charge on any atom is 0.417 e. The molecule has 0 radical (unpaired) electrons. The van der Waals surface area contributed by atoms with Gasteiger partial charge in [0, 0.05) is 0 Å². The molecule has 0 aromatic carbocycles. The van der Waals surface area contributed by atoms with Crippen molar-refractivity contribution in [2.45, 2.75) is 63.9 Å². The van der Waals surface area contributed by atoms with Gasteiger partial charge in [-0.3, -0.25) is 13.6 Å². The zero-order chi connectivity index (χ0) is 17.5. The third-order valence-electron chi connectivity index (χ3n) is 2.32. The summed E-state index contributed by atoms with van der Waals surface area (Å²) in [6.07, 6.45) is -4.91. The second kappa shape index (κ2) is 5.81. The van der Waals surface area contributed by atoms with Crippen LogP contribution in [0.5, 0.6) is 0 Å². The molecular formula is C10H20F3O6PS. The van der Waals surface area contributed by atoms with Crippen LogP contribution in [0.4, 0.5) is 13.2 Å². The molecule has 0 bridgehead atoms. The van der Waals surface area contributed by atoms with E-state index in [0.29, 0.717) is 13.8 Å². The summed E-state index contributed by atoms with van der Waals surface area (Å²) in [7, 11) is -9.76. The molecule has 21 heavy (non-hydrogen) atoms. The minimum absolute atomic E-state index is 0.586. The zero-order valence-electron chi connectivity index (χ0n) is 12.6. The van der Waals surface area contributed by atoms with Crippen LogP contribution >= 0.6 is 7.60 Å². The van der Waals surface area contributed by atoms with E-state index in [1.54, 1.807) is 0 Å². The second-order valence-corrected chi connectivity index (χ2v) is 10.3. The minimum Gasteiger partial charge on any atom is -0.302 e. The topological polar surface area (TPSA) is 89.9 Å². The molecule has 0 aromatic heterocycles. The molecule has 0 rings (SSSR count). The molecule has 0 saturated carbocycles. The number of halogens is 3. The van der Waals surface area contributed by atoms with Crippen LogP contribution in [0.15, 0.2) is 0 Å². The molecule has 0 amide bonds. The molecule has 0 heterocycles. The Morgan fingerprint density at radius 3 is 1.67 bits per heavy atom. The van der Waals surface area contributed by atoms with Crippen LogP contribution in [-0.2, 0) is 23.7 Å². The van der Waals surface area contributed by atoms with E-state index in [1.807, 2.05) is 0 Å². The Kier molecular flexibility index (Phi) is 5.77. The van der Waals surface area contributed by atoms with E-state index in [4.69, 9.17) is 9.08 Å². The summed E-state index contributed by atoms with van der Waals surface area (Å²) in [5.41, 5.74) is -4.18. The Morgan fingerprint density at radius 2 is 1.43 bits per heavy atom. The maximum absolute atomic E-state index is 12.8. The van der Waals surface area contributed by atoms with Crippen molar-refractivity contribution >= 4 is 17.7 Å². The number of rotatable bonds is 5. The molecule has 0 saturated heterocycles. The Labute approximate surface area is 122 Å². The Balaban J connectivity index is 5.83. The molecule has 0 aliphatic heterocycles. The first-order chi connectivity index (χ1) is 8.82. The van der Waals surface area contributed by atoms with Crippen molar-refractivity contribution in [3.8, 4) is 0 Å². The standard InChI is InChI=1S/C10H20F3O6PS/c1-7(21(15,16)17)20(14,18-8(2,3)4)19-9(5,6)10(11,12)13/h7H,1-6H3,(H,15,16,17). The lowest BCUT2D eigenvalue weighted by Crippen LogP contribution is -2.43. The molecule has 0 aromatic rings. The fourth-order valence-corrected chi connectivity index (χ4v) is 4.48. The lowest BCUT2D eigenvalue weighted by Gasteiger charge is -2.36. The van der Waals surface area contributed by atoms with Crippen molar-refractivity contribution in [2.75, 3.05) is 0 Å². The van der Waals surface area contributed by atoms with E-state index in [-0.39, 0.29) is 0 Å². The molecule has 6 nitrogen and oxygen atoms in total. The molecule has 2 unspecified atom stereocenters. The SMILES string of the molecule is CC(P(=O)(OC(C)(C)C)OC(C)(C)C(F)(F)F)S(=O)(=O)O. The summed E-state index contributed by atoms with van der Waals surface area (Å²) < 4.78 is 91.8. The van der Waals surface area contributed by atoms with Crippen LogP contribution in [0.3, 0.4) is 0 Å². The van der Waals surface area contributed by atoms with Crippen molar-refractivity contribution in [2.24, 2.45) is 0 Å². The molecule has 128 valence electrons. The minimum atomic E-state index is -4.93. The number of alkyl halides is 3. The van der Waals surface area contributed by atoms with E-state index >= 15 is 0 Å². The summed E-state index contributed by atoms with van der Waals surface area (Å²) in [6, 6.07) is 0. The zero-order valence-corrected chi connectivity index (χ0v) is 14.3. The molecule has 11 heteroatoms. The molecule has 0 fully saturated rings. The average molecular weight is 356 g/mol. The highest BCUT2D eigenvalue weighted by atomic mass is 32.2. The first-order valence-electron chi connectivity index (χ1n) is 5.86. The highest BCUT2D eigenvalue weighted by Gasteiger charge is 2.56. The summed E-state index contributed by atoms with van der Waals surface area (Å²) in [6.45, 7) is 6.01. The Hall–Kier alpha value is -0.150. The highest BCUT2D eigenvalue weighted by Crippen LogP contribution is 2.61. The lowest BCUT2D eigenvalue weighted by atomic mass is 10.1. The smallest absolute Gasteiger partial charge is 0.302 e. The summed E-state index contributed by atoms with van der Waals surface area (Å²) in [4.78, 5) is -2.16. The van der Waals surface area contributed by atoms with Crippen LogP contribution in [0.25, 0.3) is 0 Å². The van der Waals surface area contributed by atoms with Gasteiger partial charge in [-0.1, -0.05) is 0 Å². The quantitative estimate of drug-likeness (QED) is 0.598. The molecular weight excluding hydrogens is 336 g/mol. The lowest BCUT2D eigenvalue weighted by molar-refractivity contribution is -0.237. The van der Waals surface area contributed by atoms with Gasteiger partial charge in [-0.25, -0.2) is 0 Å². The fourth-order valence-electron chi connectivity index (χ4n) is 1.08. The number of hydrogen-bond donors (Lipinski definition) is 1. The van der Waals surface area contributed by atoms with Gasteiger partial charge in [0.2, 0.25) is 0 Å². The third-order valence-corrected chi connectivity index (χ3v) is 7.16. The molecule has 0 spiro atoms. The van der Waals surface area contributed by atoms with E-state index < -0.39 is 40.1 Å². The summed E-state index contributed by atoms with van der Waals surface area (Å²) >= 11 is 0. The monoisotopic (exact) mass is 356 g/mol. The van der Waals surface area contributed by atoms with Crippen LogP contribution in [-0.4, -0.2) is 35.3 Å². The highest BCUT2D eigenvalue weighted by molar-refractivity contribution is 7.94. The molecule has 0 aliphatic carbocycles. The van der Waals surface area contributed by atoms with Crippen LogP contribution in [0, 0.1) is 0 Å². The van der Waals surface area contributed by atoms with Gasteiger partial charge in [-0.15, -0.1) is 0 Å². The van der Waals surface area contributed by atoms with Crippen molar-refractivity contribution in [1.29, 1.82) is 0 Å². The van der Waals surface area contributed by atoms with Gasteiger partial charge in [0.25, 0.3) is 10.1 Å². The fraction of sp³-hybridized carbons (Fsp3) is 1.00. The van der Waals surface area contributed by atoms with E-state index in [9.17, 15) is 26.2 Å². The average Bonchev–Trinajstić information content (AvgIpc) is 2.08. The van der Waals surface area contributed by atoms with Gasteiger partial charge in [0.05, 0.1) is 5.60 Å². The van der Waals surface area contributed by atoms with Crippen LogP contribution < -0.4 is 0 Å². The van der Waals surface area contributed by atoms with Gasteiger partial charge < -0.3 is 4.52 Å². The van der Waals surface area contributed by atoms with Gasteiger partial charge >= 0.3 is 13.8 Å². The van der Waals surface area contributed by atoms with Crippen molar-refractivity contribution in [3.05, 3.63) is 0 Å². The van der Waals surface area contributed by atoms with Crippen molar-refractivity contribution < 1.29 is 39.8 Å². The van der Waals surface area contributed by atoms with E-state index in [0.717, 1.165) is 6.92 Å². The van der Waals surface area contributed by atoms with Crippen molar-refractivity contribution in [1.82, 2.24) is 0 Å². The maximum atomic E-state index is 12.8. The Morgan fingerprint density at radius 1 is 1.05 bits per heavy atom. The van der Waals surface area contributed by atoms with Crippen molar-refractivity contribution in [3.63, 3.8) is 0 Å². The first kappa shape index (κ1) is 20.9. The summed E-state index contributed by atoms with van der Waals surface area (Å²) in [5.74, 6) is 0. The summed E-state index contributed by atoms with van der Waals surface area (Å²) in [5, 5.41) is 0. The molecule has 2 atom stereocenters. The van der Waals surface area contributed by atoms with Gasteiger partial charge in [-0.05, 0) is 41.5 Å². The predicted octanol–water partition coefficient (Wildman–Crippen LogP) is 3.59. The van der Waals surface area contributed by atoms with Gasteiger partial charge in [0.1, 0.15) is 0 Å². The number of hydrogen-bond acceptors (Lipinski definition) is 5. The van der Waals surface area contributed by atoms with Crippen LogP contribution in [0.1, 0.15) is 41.5 Å². The van der Waals surface area contributed by atoms with Gasteiger partial charge in [0.15, 0.2) is 10.6 Å². The van der Waals surface area contributed by atoms with Crippen LogP contribution in [0.2, 0.25) is 0 Å². The normalized spacial score (nSPS) is 19.1. The van der Waals surface area contributed by atoms with E-state index in [1.165, 1.54) is 20.8 Å². The molecule has 0 aliphatic rings. The second-order valence-electron chi connectivity index (χ2n) is 5.96.